The first kappa shape index (κ1) is 11.8. The van der Waals surface area contributed by atoms with Crippen LogP contribution in [0.4, 0.5) is 5.82 Å². The summed E-state index contributed by atoms with van der Waals surface area (Å²) in [5.74, 6) is 1.55. The van der Waals surface area contributed by atoms with Crippen molar-refractivity contribution in [1.29, 1.82) is 0 Å². The molecule has 2 rings (SSSR count). The fourth-order valence-corrected chi connectivity index (χ4v) is 1.77. The SMILES string of the molecule is CCC(CCO)Nc1nccn2c(C)nnc12. The van der Waals surface area contributed by atoms with Crippen LogP contribution in [0.1, 0.15) is 25.6 Å². The highest BCUT2D eigenvalue weighted by atomic mass is 16.3. The zero-order chi connectivity index (χ0) is 12.3. The number of anilines is 1. The molecule has 1 unspecified atom stereocenters. The van der Waals surface area contributed by atoms with E-state index in [1.54, 1.807) is 6.20 Å². The predicted molar refractivity (Wildman–Crippen MR) is 64.9 cm³/mol. The smallest absolute Gasteiger partial charge is 0.203 e. The summed E-state index contributed by atoms with van der Waals surface area (Å²) >= 11 is 0. The summed E-state index contributed by atoms with van der Waals surface area (Å²) in [4.78, 5) is 4.27. The third kappa shape index (κ3) is 2.36. The number of hydrogen-bond donors (Lipinski definition) is 2. The number of nitrogens with zero attached hydrogens (tertiary/aromatic N) is 4. The van der Waals surface area contributed by atoms with Crippen LogP contribution in [0.25, 0.3) is 5.65 Å². The molecule has 0 saturated heterocycles. The second kappa shape index (κ2) is 5.09. The number of rotatable bonds is 5. The van der Waals surface area contributed by atoms with Crippen LogP contribution in [0.3, 0.4) is 0 Å². The van der Waals surface area contributed by atoms with E-state index in [0.29, 0.717) is 12.2 Å². The minimum absolute atomic E-state index is 0.167. The molecule has 0 aliphatic carbocycles. The lowest BCUT2D eigenvalue weighted by Crippen LogP contribution is -2.21. The van der Waals surface area contributed by atoms with Gasteiger partial charge in [0.2, 0.25) is 5.65 Å². The van der Waals surface area contributed by atoms with Gasteiger partial charge in [0.1, 0.15) is 5.82 Å². The molecule has 0 aliphatic rings. The molecular weight excluding hydrogens is 218 g/mol. The van der Waals surface area contributed by atoms with Gasteiger partial charge in [-0.1, -0.05) is 6.92 Å². The second-order valence-corrected chi connectivity index (χ2v) is 3.98. The molecule has 0 radical (unpaired) electrons. The van der Waals surface area contributed by atoms with Crippen molar-refractivity contribution in [3.05, 3.63) is 18.2 Å². The van der Waals surface area contributed by atoms with Crippen molar-refractivity contribution in [2.24, 2.45) is 0 Å². The molecular formula is C11H17N5O. The van der Waals surface area contributed by atoms with E-state index in [-0.39, 0.29) is 12.6 Å². The molecule has 2 aromatic heterocycles. The van der Waals surface area contributed by atoms with Crippen LogP contribution in [0.15, 0.2) is 12.4 Å². The number of nitrogens with one attached hydrogen (secondary N) is 1. The van der Waals surface area contributed by atoms with E-state index in [4.69, 9.17) is 5.11 Å². The number of fused-ring (bicyclic) bond motifs is 1. The molecule has 0 amide bonds. The number of aliphatic hydroxyl groups excluding tert-OH is 1. The second-order valence-electron chi connectivity index (χ2n) is 3.98. The van der Waals surface area contributed by atoms with Crippen LogP contribution in [0.5, 0.6) is 0 Å². The van der Waals surface area contributed by atoms with Crippen molar-refractivity contribution < 1.29 is 5.11 Å². The normalized spacial score (nSPS) is 12.9. The molecule has 2 aromatic rings. The molecule has 6 heteroatoms. The van der Waals surface area contributed by atoms with Gasteiger partial charge >= 0.3 is 0 Å². The van der Waals surface area contributed by atoms with Gasteiger partial charge in [-0.2, -0.15) is 0 Å². The summed E-state index contributed by atoms with van der Waals surface area (Å²) in [6.45, 7) is 4.14. The van der Waals surface area contributed by atoms with Gasteiger partial charge in [-0.05, 0) is 19.8 Å². The number of aryl methyl sites for hydroxylation is 1. The van der Waals surface area contributed by atoms with Crippen LogP contribution >= 0.6 is 0 Å². The monoisotopic (exact) mass is 235 g/mol. The van der Waals surface area contributed by atoms with Gasteiger partial charge in [-0.25, -0.2) is 4.98 Å². The first-order valence-electron chi connectivity index (χ1n) is 5.80. The van der Waals surface area contributed by atoms with Gasteiger partial charge in [0.15, 0.2) is 5.82 Å². The molecule has 0 aromatic carbocycles. The third-order valence-electron chi connectivity index (χ3n) is 2.81. The van der Waals surface area contributed by atoms with Crippen molar-refractivity contribution in [2.75, 3.05) is 11.9 Å². The summed E-state index contributed by atoms with van der Waals surface area (Å²) in [5.41, 5.74) is 0.724. The summed E-state index contributed by atoms with van der Waals surface area (Å²) in [6, 6.07) is 0.204. The minimum Gasteiger partial charge on any atom is -0.396 e. The van der Waals surface area contributed by atoms with Gasteiger partial charge in [-0.15, -0.1) is 10.2 Å². The minimum atomic E-state index is 0.167. The molecule has 0 aliphatic heterocycles. The van der Waals surface area contributed by atoms with Crippen LogP contribution in [-0.2, 0) is 0 Å². The zero-order valence-electron chi connectivity index (χ0n) is 10.1. The Morgan fingerprint density at radius 3 is 3.00 bits per heavy atom. The van der Waals surface area contributed by atoms with Crippen molar-refractivity contribution in [3.63, 3.8) is 0 Å². The van der Waals surface area contributed by atoms with Crippen LogP contribution in [0, 0.1) is 6.92 Å². The van der Waals surface area contributed by atoms with Gasteiger partial charge in [0, 0.05) is 25.0 Å². The standard InChI is InChI=1S/C11H17N5O/c1-3-9(4-7-17)13-10-11-15-14-8(2)16(11)6-5-12-10/h5-6,9,17H,3-4,7H2,1-2H3,(H,12,13). The Bertz CT molecular complexity index is 496. The van der Waals surface area contributed by atoms with E-state index in [0.717, 1.165) is 17.9 Å². The quantitative estimate of drug-likeness (QED) is 0.808. The molecule has 0 spiro atoms. The van der Waals surface area contributed by atoms with Crippen molar-refractivity contribution in [3.8, 4) is 0 Å². The molecule has 2 N–H and O–H groups in total. The van der Waals surface area contributed by atoms with Crippen LogP contribution in [-0.4, -0.2) is 37.3 Å². The summed E-state index contributed by atoms with van der Waals surface area (Å²) < 4.78 is 1.89. The van der Waals surface area contributed by atoms with Crippen molar-refractivity contribution in [2.45, 2.75) is 32.7 Å². The lowest BCUT2D eigenvalue weighted by Gasteiger charge is -2.16. The zero-order valence-corrected chi connectivity index (χ0v) is 10.1. The van der Waals surface area contributed by atoms with E-state index in [2.05, 4.69) is 27.4 Å². The van der Waals surface area contributed by atoms with E-state index < -0.39 is 0 Å². The molecule has 17 heavy (non-hydrogen) atoms. The Hall–Kier alpha value is -1.69. The molecule has 2 heterocycles. The number of aromatic nitrogens is 4. The molecule has 92 valence electrons. The van der Waals surface area contributed by atoms with Crippen LogP contribution in [0.2, 0.25) is 0 Å². The Kier molecular flexibility index (Phi) is 3.53. The highest BCUT2D eigenvalue weighted by molar-refractivity contribution is 5.62. The average Bonchev–Trinajstić information content (AvgIpc) is 2.72. The summed E-state index contributed by atoms with van der Waals surface area (Å²) in [5, 5.41) is 20.4. The topological polar surface area (TPSA) is 75.3 Å². The van der Waals surface area contributed by atoms with E-state index in [9.17, 15) is 0 Å². The Morgan fingerprint density at radius 2 is 2.29 bits per heavy atom. The van der Waals surface area contributed by atoms with Gasteiger partial charge in [0.05, 0.1) is 0 Å². The summed E-state index contributed by atoms with van der Waals surface area (Å²) in [6.07, 6.45) is 5.18. The highest BCUT2D eigenvalue weighted by Crippen LogP contribution is 2.14. The number of hydrogen-bond acceptors (Lipinski definition) is 5. The first-order valence-corrected chi connectivity index (χ1v) is 5.80. The Labute approximate surface area is 99.7 Å². The van der Waals surface area contributed by atoms with Gasteiger partial charge in [0.25, 0.3) is 0 Å². The maximum atomic E-state index is 8.97. The molecule has 0 saturated carbocycles. The Balaban J connectivity index is 2.29. The maximum Gasteiger partial charge on any atom is 0.203 e. The first-order chi connectivity index (χ1) is 8.26. The molecule has 0 bridgehead atoms. The number of aliphatic hydroxyl groups is 1. The van der Waals surface area contributed by atoms with Gasteiger partial charge < -0.3 is 10.4 Å². The lowest BCUT2D eigenvalue weighted by atomic mass is 10.1. The third-order valence-corrected chi connectivity index (χ3v) is 2.81. The average molecular weight is 235 g/mol. The highest BCUT2D eigenvalue weighted by Gasteiger charge is 2.11. The molecule has 6 nitrogen and oxygen atoms in total. The predicted octanol–water partition coefficient (Wildman–Crippen LogP) is 1.01. The maximum absolute atomic E-state index is 8.97. The van der Waals surface area contributed by atoms with Crippen molar-refractivity contribution >= 4 is 11.5 Å². The fourth-order valence-electron chi connectivity index (χ4n) is 1.77. The van der Waals surface area contributed by atoms with Crippen molar-refractivity contribution in [1.82, 2.24) is 19.6 Å². The van der Waals surface area contributed by atoms with E-state index in [1.807, 2.05) is 17.5 Å². The molecule has 1 atom stereocenters. The van der Waals surface area contributed by atoms with E-state index in [1.165, 1.54) is 0 Å². The Morgan fingerprint density at radius 1 is 1.47 bits per heavy atom. The molecule has 0 fully saturated rings. The largest absolute Gasteiger partial charge is 0.396 e. The summed E-state index contributed by atoms with van der Waals surface area (Å²) in [7, 11) is 0. The lowest BCUT2D eigenvalue weighted by molar-refractivity contribution is 0.278. The van der Waals surface area contributed by atoms with Gasteiger partial charge in [-0.3, -0.25) is 4.40 Å². The fraction of sp³-hybridized carbons (Fsp3) is 0.545. The van der Waals surface area contributed by atoms with E-state index >= 15 is 0 Å². The van der Waals surface area contributed by atoms with Crippen LogP contribution < -0.4 is 5.32 Å².